The standard InChI is InChI=1S/C34H37N7O2/c1-21-6-10-23(11-7-21)28(42)18-22-8-12-24(13-9-22)30-29-31(35)37-20-38-32(29)41(40-30)26-16-14-25(15-17-26)39-33(43)27(36-5)19-34(2,3)4/h6-13,19-20,25-26H,14-18H2,1-4H3,(H,39,43)(H2,35,37,38)/b27-19+. The van der Waals surface area contributed by atoms with Crippen LogP contribution in [0.3, 0.4) is 0 Å². The summed E-state index contributed by atoms with van der Waals surface area (Å²) in [6, 6.07) is 15.5. The monoisotopic (exact) mass is 575 g/mol. The van der Waals surface area contributed by atoms with Crippen LogP contribution in [0.4, 0.5) is 5.82 Å². The number of carbonyl (C=O) groups is 2. The summed E-state index contributed by atoms with van der Waals surface area (Å²) in [5.74, 6) is 0.121. The number of carbonyl (C=O) groups excluding carboxylic acids is 2. The summed E-state index contributed by atoms with van der Waals surface area (Å²) in [7, 11) is 0. The molecule has 1 amide bonds. The predicted molar refractivity (Wildman–Crippen MR) is 168 cm³/mol. The molecule has 220 valence electrons. The summed E-state index contributed by atoms with van der Waals surface area (Å²) < 4.78 is 1.94. The van der Waals surface area contributed by atoms with E-state index in [2.05, 4.69) is 20.1 Å². The van der Waals surface area contributed by atoms with E-state index in [1.807, 2.05) is 80.9 Å². The number of aryl methyl sites for hydroxylation is 1. The number of anilines is 1. The number of ketones is 1. The summed E-state index contributed by atoms with van der Waals surface area (Å²) in [5.41, 5.74) is 11.2. The van der Waals surface area contributed by atoms with E-state index in [-0.39, 0.29) is 34.9 Å². The number of nitrogen functional groups attached to an aromatic ring is 1. The Kier molecular flexibility index (Phi) is 8.40. The van der Waals surface area contributed by atoms with Crippen LogP contribution in [-0.4, -0.2) is 37.5 Å². The molecule has 0 atom stereocenters. The minimum Gasteiger partial charge on any atom is -0.383 e. The van der Waals surface area contributed by atoms with Gasteiger partial charge in [0.1, 0.15) is 17.8 Å². The summed E-state index contributed by atoms with van der Waals surface area (Å²) in [6.07, 6.45) is 6.60. The molecular formula is C34H37N7O2. The average molecular weight is 576 g/mol. The molecule has 2 heterocycles. The molecule has 43 heavy (non-hydrogen) atoms. The highest BCUT2D eigenvalue weighted by Gasteiger charge is 2.28. The van der Waals surface area contributed by atoms with Crippen molar-refractivity contribution < 1.29 is 9.59 Å². The van der Waals surface area contributed by atoms with Crippen molar-refractivity contribution >= 4 is 28.5 Å². The highest BCUT2D eigenvalue weighted by Crippen LogP contribution is 2.36. The van der Waals surface area contributed by atoms with Gasteiger partial charge in [-0.2, -0.15) is 5.10 Å². The first-order chi connectivity index (χ1) is 20.5. The maximum atomic E-state index is 12.8. The number of fused-ring (bicyclic) bond motifs is 1. The molecule has 2 aromatic carbocycles. The zero-order valence-electron chi connectivity index (χ0n) is 25.1. The molecule has 0 bridgehead atoms. The van der Waals surface area contributed by atoms with Crippen molar-refractivity contribution in [3.8, 4) is 11.3 Å². The molecule has 4 aromatic rings. The van der Waals surface area contributed by atoms with Gasteiger partial charge in [-0.05, 0) is 43.6 Å². The van der Waals surface area contributed by atoms with E-state index in [9.17, 15) is 9.59 Å². The largest absolute Gasteiger partial charge is 0.383 e. The number of amides is 1. The SMILES string of the molecule is [C-]#[N+]/C(=C/C(C)(C)C)C(=O)NC1CCC(n2nc(-c3ccc(CC(=O)c4ccc(C)cc4)cc3)c3c(N)ncnc32)CC1. The van der Waals surface area contributed by atoms with Crippen molar-refractivity contribution in [2.24, 2.45) is 5.41 Å². The van der Waals surface area contributed by atoms with E-state index >= 15 is 0 Å². The van der Waals surface area contributed by atoms with Crippen LogP contribution in [0.15, 0.2) is 66.6 Å². The van der Waals surface area contributed by atoms with Gasteiger partial charge in [-0.25, -0.2) is 19.5 Å². The maximum Gasteiger partial charge on any atom is 0.250 e. The van der Waals surface area contributed by atoms with Crippen LogP contribution >= 0.6 is 0 Å². The zero-order valence-corrected chi connectivity index (χ0v) is 25.1. The van der Waals surface area contributed by atoms with Crippen LogP contribution in [-0.2, 0) is 11.2 Å². The lowest BCUT2D eigenvalue weighted by Gasteiger charge is -2.29. The molecule has 1 aliphatic rings. The molecule has 9 heteroatoms. The van der Waals surface area contributed by atoms with Gasteiger partial charge in [-0.1, -0.05) is 80.9 Å². The molecule has 5 rings (SSSR count). The number of hydrogen-bond donors (Lipinski definition) is 2. The van der Waals surface area contributed by atoms with Crippen molar-refractivity contribution in [1.29, 1.82) is 0 Å². The minimum atomic E-state index is -0.315. The summed E-state index contributed by atoms with van der Waals surface area (Å²) >= 11 is 0. The fourth-order valence-electron chi connectivity index (χ4n) is 5.54. The molecule has 0 radical (unpaired) electrons. The second-order valence-corrected chi connectivity index (χ2v) is 12.4. The van der Waals surface area contributed by atoms with Crippen molar-refractivity contribution in [1.82, 2.24) is 25.1 Å². The van der Waals surface area contributed by atoms with Gasteiger partial charge < -0.3 is 11.1 Å². The van der Waals surface area contributed by atoms with Gasteiger partial charge >= 0.3 is 0 Å². The molecule has 1 saturated carbocycles. The Balaban J connectivity index is 1.32. The first-order valence-electron chi connectivity index (χ1n) is 14.6. The molecule has 1 fully saturated rings. The van der Waals surface area contributed by atoms with Gasteiger partial charge in [0.15, 0.2) is 11.4 Å². The Labute approximate surface area is 252 Å². The van der Waals surface area contributed by atoms with Gasteiger partial charge in [0, 0.05) is 23.6 Å². The third kappa shape index (κ3) is 6.81. The summed E-state index contributed by atoms with van der Waals surface area (Å²) in [5, 5.41) is 8.75. The first-order valence-corrected chi connectivity index (χ1v) is 14.6. The van der Waals surface area contributed by atoms with Crippen LogP contribution in [0.25, 0.3) is 27.1 Å². The smallest absolute Gasteiger partial charge is 0.250 e. The lowest BCUT2D eigenvalue weighted by molar-refractivity contribution is -0.118. The average Bonchev–Trinajstić information content (AvgIpc) is 3.37. The van der Waals surface area contributed by atoms with Gasteiger partial charge in [0.2, 0.25) is 11.6 Å². The third-order valence-electron chi connectivity index (χ3n) is 7.78. The molecule has 9 nitrogen and oxygen atoms in total. The van der Waals surface area contributed by atoms with E-state index < -0.39 is 0 Å². The topological polar surface area (TPSA) is 120 Å². The van der Waals surface area contributed by atoms with Crippen LogP contribution in [0, 0.1) is 18.9 Å². The second-order valence-electron chi connectivity index (χ2n) is 12.4. The zero-order chi connectivity index (χ0) is 30.7. The van der Waals surface area contributed by atoms with Crippen molar-refractivity contribution in [3.63, 3.8) is 0 Å². The number of rotatable bonds is 7. The lowest BCUT2D eigenvalue weighted by atomic mass is 9.91. The number of benzene rings is 2. The molecule has 0 aliphatic heterocycles. The number of allylic oxidation sites excluding steroid dienone is 1. The highest BCUT2D eigenvalue weighted by molar-refractivity contribution is 5.99. The second kappa shape index (κ2) is 12.2. The van der Waals surface area contributed by atoms with Gasteiger partial charge in [0.05, 0.1) is 18.0 Å². The lowest BCUT2D eigenvalue weighted by Crippen LogP contribution is -2.38. The number of nitrogens with one attached hydrogen (secondary N) is 1. The normalized spacial score (nSPS) is 17.4. The van der Waals surface area contributed by atoms with E-state index in [4.69, 9.17) is 17.4 Å². The van der Waals surface area contributed by atoms with E-state index in [0.29, 0.717) is 34.5 Å². The predicted octanol–water partition coefficient (Wildman–Crippen LogP) is 6.26. The number of nitrogens with zero attached hydrogens (tertiary/aromatic N) is 5. The van der Waals surface area contributed by atoms with Crippen LogP contribution < -0.4 is 11.1 Å². The molecular weight excluding hydrogens is 538 g/mol. The van der Waals surface area contributed by atoms with E-state index in [0.717, 1.165) is 42.4 Å². The molecule has 3 N–H and O–H groups in total. The number of aromatic nitrogens is 4. The van der Waals surface area contributed by atoms with Crippen LogP contribution in [0.2, 0.25) is 0 Å². The number of hydrogen-bond acceptors (Lipinski definition) is 6. The molecule has 0 saturated heterocycles. The molecule has 0 spiro atoms. The molecule has 1 aliphatic carbocycles. The Morgan fingerprint density at radius 2 is 1.72 bits per heavy atom. The Bertz CT molecular complexity index is 1710. The van der Waals surface area contributed by atoms with Crippen molar-refractivity contribution in [2.45, 2.75) is 71.9 Å². The van der Waals surface area contributed by atoms with Crippen molar-refractivity contribution in [3.05, 3.63) is 94.7 Å². The van der Waals surface area contributed by atoms with Gasteiger partial charge in [-0.15, -0.1) is 0 Å². The van der Waals surface area contributed by atoms with Crippen LogP contribution in [0.1, 0.15) is 74.0 Å². The molecule has 2 aromatic heterocycles. The van der Waals surface area contributed by atoms with E-state index in [1.165, 1.54) is 6.33 Å². The van der Waals surface area contributed by atoms with Gasteiger partial charge in [0.25, 0.3) is 0 Å². The summed E-state index contributed by atoms with van der Waals surface area (Å²) in [6.45, 7) is 15.3. The highest BCUT2D eigenvalue weighted by atomic mass is 16.2. The number of Topliss-reactive ketones (excluding diaryl/α,β-unsaturated/α-hetero) is 1. The van der Waals surface area contributed by atoms with E-state index in [1.54, 1.807) is 6.08 Å². The van der Waals surface area contributed by atoms with Gasteiger partial charge in [-0.3, -0.25) is 9.59 Å². The maximum absolute atomic E-state index is 12.8. The third-order valence-corrected chi connectivity index (χ3v) is 7.78. The number of nitrogens with two attached hydrogens (primary N) is 1. The Hall–Kier alpha value is -4.84. The molecule has 0 unspecified atom stereocenters. The van der Waals surface area contributed by atoms with Crippen LogP contribution in [0.5, 0.6) is 0 Å². The first kappa shape index (κ1) is 29.6. The fourth-order valence-corrected chi connectivity index (χ4v) is 5.54. The summed E-state index contributed by atoms with van der Waals surface area (Å²) in [4.78, 5) is 37.8. The van der Waals surface area contributed by atoms with Crippen molar-refractivity contribution in [2.75, 3.05) is 5.73 Å². The fraction of sp³-hybridized carbons (Fsp3) is 0.353. The Morgan fingerprint density at radius 3 is 2.35 bits per heavy atom. The minimum absolute atomic E-state index is 0.00924. The quantitative estimate of drug-likeness (QED) is 0.153. The Morgan fingerprint density at radius 1 is 1.05 bits per heavy atom.